The molecule has 0 aliphatic rings. The van der Waals surface area contributed by atoms with Gasteiger partial charge in [-0.2, -0.15) is 0 Å². The van der Waals surface area contributed by atoms with E-state index in [1.54, 1.807) is 12.4 Å². The van der Waals surface area contributed by atoms with Gasteiger partial charge >= 0.3 is 0 Å². The van der Waals surface area contributed by atoms with Gasteiger partial charge in [-0.25, -0.2) is 4.98 Å². The monoisotopic (exact) mass is 306 g/mol. The Morgan fingerprint density at radius 3 is 2.85 bits per heavy atom. The predicted octanol–water partition coefficient (Wildman–Crippen LogP) is 3.12. The highest BCUT2D eigenvalue weighted by Gasteiger charge is 2.18. The van der Waals surface area contributed by atoms with E-state index in [-0.39, 0.29) is 5.91 Å². The van der Waals surface area contributed by atoms with Gasteiger partial charge in [0.2, 0.25) is 5.13 Å². The fraction of sp³-hybridized carbons (Fsp3) is 0.167. The number of rotatable bonds is 3. The van der Waals surface area contributed by atoms with Crippen LogP contribution in [0.4, 0.5) is 5.13 Å². The Bertz CT molecular complexity index is 745. The van der Waals surface area contributed by atoms with Crippen molar-refractivity contribution in [2.24, 2.45) is 0 Å². The van der Waals surface area contributed by atoms with Gasteiger partial charge < -0.3 is 4.42 Å². The molecule has 0 spiro atoms. The minimum atomic E-state index is -0.230. The van der Waals surface area contributed by atoms with Crippen LogP contribution in [0.3, 0.4) is 0 Å². The van der Waals surface area contributed by atoms with Gasteiger partial charge in [-0.1, -0.05) is 11.3 Å². The maximum absolute atomic E-state index is 12.2. The molecular formula is C12H10N4O2S2. The number of hydrogen-bond donors (Lipinski definition) is 1. The van der Waals surface area contributed by atoms with Crippen molar-refractivity contribution < 1.29 is 9.21 Å². The van der Waals surface area contributed by atoms with E-state index in [2.05, 4.69) is 20.5 Å². The maximum atomic E-state index is 12.2. The summed E-state index contributed by atoms with van der Waals surface area (Å²) < 4.78 is 5.52. The molecule has 0 fully saturated rings. The molecule has 1 amide bonds. The Hall–Kier alpha value is -2.06. The molecule has 3 heterocycles. The Morgan fingerprint density at radius 1 is 1.35 bits per heavy atom. The summed E-state index contributed by atoms with van der Waals surface area (Å²) in [5.41, 5.74) is 2.23. The average molecular weight is 306 g/mol. The van der Waals surface area contributed by atoms with E-state index >= 15 is 0 Å². The van der Waals surface area contributed by atoms with Crippen LogP contribution in [0, 0.1) is 13.8 Å². The number of aryl methyl sites for hydroxylation is 2. The summed E-state index contributed by atoms with van der Waals surface area (Å²) in [4.78, 5) is 17.1. The van der Waals surface area contributed by atoms with Crippen LogP contribution >= 0.6 is 22.7 Å². The van der Waals surface area contributed by atoms with Crippen LogP contribution in [0.1, 0.15) is 21.1 Å². The normalized spacial score (nSPS) is 10.7. The van der Waals surface area contributed by atoms with Gasteiger partial charge in [-0.05, 0) is 26.0 Å². The van der Waals surface area contributed by atoms with Crippen molar-refractivity contribution in [2.75, 3.05) is 5.32 Å². The zero-order chi connectivity index (χ0) is 14.1. The summed E-state index contributed by atoms with van der Waals surface area (Å²) in [6.45, 7) is 3.66. The third-order valence-electron chi connectivity index (χ3n) is 2.53. The molecule has 0 aliphatic carbocycles. The van der Waals surface area contributed by atoms with E-state index in [9.17, 15) is 4.79 Å². The first-order chi connectivity index (χ1) is 9.63. The number of anilines is 1. The second kappa shape index (κ2) is 5.14. The molecule has 102 valence electrons. The number of aromatic nitrogens is 3. The number of carbonyl (C=O) groups is 1. The van der Waals surface area contributed by atoms with E-state index in [0.29, 0.717) is 26.5 Å². The molecule has 3 aromatic rings. The Labute approximate surface area is 122 Å². The van der Waals surface area contributed by atoms with Gasteiger partial charge in [0.05, 0.1) is 5.69 Å². The molecule has 20 heavy (non-hydrogen) atoms. The Morgan fingerprint density at radius 2 is 2.20 bits per heavy atom. The molecule has 6 nitrogen and oxygen atoms in total. The molecule has 0 aromatic carbocycles. The molecule has 0 unspecified atom stereocenters. The summed E-state index contributed by atoms with van der Waals surface area (Å²) in [5.74, 6) is 1.25. The summed E-state index contributed by atoms with van der Waals surface area (Å²) in [6, 6.07) is 3.72. The fourth-order valence-electron chi connectivity index (χ4n) is 1.64. The third-order valence-corrected chi connectivity index (χ3v) is 4.31. The van der Waals surface area contributed by atoms with Crippen molar-refractivity contribution in [3.63, 3.8) is 0 Å². The van der Waals surface area contributed by atoms with E-state index in [4.69, 9.17) is 4.42 Å². The first kappa shape index (κ1) is 12.9. The van der Waals surface area contributed by atoms with Gasteiger partial charge in [-0.3, -0.25) is 10.1 Å². The van der Waals surface area contributed by atoms with Gasteiger partial charge in [0.15, 0.2) is 10.8 Å². The van der Waals surface area contributed by atoms with E-state index < -0.39 is 0 Å². The number of thiazole rings is 1. The summed E-state index contributed by atoms with van der Waals surface area (Å²) >= 11 is 2.57. The molecule has 8 heteroatoms. The molecule has 0 saturated carbocycles. The lowest BCUT2D eigenvalue weighted by Crippen LogP contribution is -2.11. The molecule has 0 radical (unpaired) electrons. The van der Waals surface area contributed by atoms with Crippen LogP contribution in [0.25, 0.3) is 10.8 Å². The molecule has 0 saturated heterocycles. The first-order valence-corrected chi connectivity index (χ1v) is 7.45. The zero-order valence-corrected chi connectivity index (χ0v) is 12.3. The highest BCUT2D eigenvalue weighted by atomic mass is 32.1. The minimum absolute atomic E-state index is 0.230. The van der Waals surface area contributed by atoms with Crippen molar-refractivity contribution in [1.29, 1.82) is 0 Å². The van der Waals surface area contributed by atoms with Crippen LogP contribution in [0.15, 0.2) is 22.1 Å². The molecule has 0 bridgehead atoms. The van der Waals surface area contributed by atoms with Gasteiger partial charge in [0.25, 0.3) is 5.91 Å². The second-order valence-electron chi connectivity index (χ2n) is 4.04. The standard InChI is InChI=1S/C12H10N4O2S2/c1-6-3-4-8(18-6)11-14-7(2)9(20-11)10(17)15-12-16-13-5-19-12/h3-5H,1-2H3,(H,15,16,17). The molecule has 0 atom stereocenters. The molecule has 1 N–H and O–H groups in total. The number of nitrogens with one attached hydrogen (secondary N) is 1. The van der Waals surface area contributed by atoms with E-state index in [0.717, 1.165) is 5.76 Å². The number of carbonyl (C=O) groups excluding carboxylic acids is 1. The quantitative estimate of drug-likeness (QED) is 0.804. The van der Waals surface area contributed by atoms with Gasteiger partial charge in [-0.15, -0.1) is 21.5 Å². The third kappa shape index (κ3) is 2.47. The summed E-state index contributed by atoms with van der Waals surface area (Å²) in [7, 11) is 0. The lowest BCUT2D eigenvalue weighted by Gasteiger charge is -1.97. The summed E-state index contributed by atoms with van der Waals surface area (Å²) in [5, 5.41) is 11.3. The number of amides is 1. The van der Waals surface area contributed by atoms with Crippen LogP contribution in [0.2, 0.25) is 0 Å². The number of nitrogens with zero attached hydrogens (tertiary/aromatic N) is 3. The molecule has 3 rings (SSSR count). The zero-order valence-electron chi connectivity index (χ0n) is 10.7. The first-order valence-electron chi connectivity index (χ1n) is 5.75. The van der Waals surface area contributed by atoms with E-state index in [1.165, 1.54) is 22.7 Å². The largest absolute Gasteiger partial charge is 0.459 e. The minimum Gasteiger partial charge on any atom is -0.459 e. The maximum Gasteiger partial charge on any atom is 0.269 e. The van der Waals surface area contributed by atoms with Crippen LogP contribution in [-0.4, -0.2) is 21.1 Å². The highest BCUT2D eigenvalue weighted by Crippen LogP contribution is 2.29. The van der Waals surface area contributed by atoms with Crippen molar-refractivity contribution in [2.45, 2.75) is 13.8 Å². The van der Waals surface area contributed by atoms with Crippen LogP contribution in [-0.2, 0) is 0 Å². The van der Waals surface area contributed by atoms with Crippen molar-refractivity contribution in [1.82, 2.24) is 15.2 Å². The highest BCUT2D eigenvalue weighted by molar-refractivity contribution is 7.17. The second-order valence-corrected chi connectivity index (χ2v) is 5.87. The lowest BCUT2D eigenvalue weighted by atomic mass is 10.4. The average Bonchev–Trinajstić information content (AvgIpc) is 3.10. The van der Waals surface area contributed by atoms with Gasteiger partial charge in [0, 0.05) is 0 Å². The van der Waals surface area contributed by atoms with Gasteiger partial charge in [0.1, 0.15) is 16.1 Å². The summed E-state index contributed by atoms with van der Waals surface area (Å²) in [6.07, 6.45) is 0. The van der Waals surface area contributed by atoms with Crippen molar-refractivity contribution >= 4 is 33.7 Å². The molecule has 0 aliphatic heterocycles. The lowest BCUT2D eigenvalue weighted by molar-refractivity contribution is 0.102. The topological polar surface area (TPSA) is 80.9 Å². The molecular weight excluding hydrogens is 296 g/mol. The Kier molecular flexibility index (Phi) is 3.33. The van der Waals surface area contributed by atoms with E-state index in [1.807, 2.05) is 19.1 Å². The fourth-order valence-corrected chi connectivity index (χ4v) is 3.01. The number of hydrogen-bond acceptors (Lipinski definition) is 7. The molecule has 3 aromatic heterocycles. The van der Waals surface area contributed by atoms with Crippen LogP contribution < -0.4 is 5.32 Å². The van der Waals surface area contributed by atoms with Crippen molar-refractivity contribution in [3.05, 3.63) is 34.0 Å². The van der Waals surface area contributed by atoms with Crippen molar-refractivity contribution in [3.8, 4) is 10.8 Å². The number of furan rings is 1. The smallest absolute Gasteiger partial charge is 0.269 e. The van der Waals surface area contributed by atoms with Crippen LogP contribution in [0.5, 0.6) is 0 Å². The Balaban J connectivity index is 1.87. The predicted molar refractivity (Wildman–Crippen MR) is 77.2 cm³/mol. The SMILES string of the molecule is Cc1ccc(-c2nc(C)c(C(=O)Nc3nncs3)s2)o1.